The van der Waals surface area contributed by atoms with E-state index in [1.165, 1.54) is 55.7 Å². The van der Waals surface area contributed by atoms with E-state index in [0.29, 0.717) is 6.04 Å². The second-order valence-electron chi connectivity index (χ2n) is 8.05. The summed E-state index contributed by atoms with van der Waals surface area (Å²) >= 11 is 0. The minimum absolute atomic E-state index is 0.606. The van der Waals surface area contributed by atoms with Crippen LogP contribution >= 0.6 is 0 Å². The molecule has 1 heterocycles. The number of anilines is 1. The maximum Gasteiger partial charge on any atom is 0.119 e. The molecule has 4 heteroatoms. The molecule has 2 aromatic carbocycles. The van der Waals surface area contributed by atoms with Gasteiger partial charge < -0.3 is 15.0 Å². The number of nitrogens with one attached hydrogen (secondary N) is 1. The van der Waals surface area contributed by atoms with Crippen LogP contribution in [0.5, 0.6) is 5.75 Å². The third kappa shape index (κ3) is 4.86. The Morgan fingerprint density at radius 3 is 2.61 bits per heavy atom. The molecule has 0 spiro atoms. The van der Waals surface area contributed by atoms with Gasteiger partial charge in [0.15, 0.2) is 0 Å². The highest BCUT2D eigenvalue weighted by atomic mass is 16.5. The largest absolute Gasteiger partial charge is 0.497 e. The van der Waals surface area contributed by atoms with E-state index < -0.39 is 0 Å². The molecular formula is C24H33N3O. The van der Waals surface area contributed by atoms with Crippen LogP contribution in [-0.4, -0.2) is 57.3 Å². The third-order valence-electron chi connectivity index (χ3n) is 6.22. The normalized spacial score (nSPS) is 20.0. The van der Waals surface area contributed by atoms with Crippen molar-refractivity contribution in [2.45, 2.75) is 31.7 Å². The molecule has 0 aromatic heterocycles. The molecule has 1 unspecified atom stereocenters. The van der Waals surface area contributed by atoms with E-state index in [0.717, 1.165) is 31.8 Å². The second-order valence-corrected chi connectivity index (χ2v) is 8.05. The SMILES string of the molecule is COc1ccc2c(c1)CC(NCCCN1CCN(c3ccccc3)CC1)CC2. The highest BCUT2D eigenvalue weighted by molar-refractivity contribution is 5.46. The second kappa shape index (κ2) is 9.44. The van der Waals surface area contributed by atoms with Crippen LogP contribution in [0.25, 0.3) is 0 Å². The summed E-state index contributed by atoms with van der Waals surface area (Å²) in [5, 5.41) is 3.80. The van der Waals surface area contributed by atoms with E-state index in [4.69, 9.17) is 4.74 Å². The maximum absolute atomic E-state index is 5.39. The van der Waals surface area contributed by atoms with E-state index >= 15 is 0 Å². The Kier molecular flexibility index (Phi) is 6.50. The topological polar surface area (TPSA) is 27.7 Å². The average Bonchev–Trinajstić information content (AvgIpc) is 2.77. The number of fused-ring (bicyclic) bond motifs is 1. The van der Waals surface area contributed by atoms with Crippen molar-refractivity contribution >= 4 is 5.69 Å². The first-order chi connectivity index (χ1) is 13.8. The van der Waals surface area contributed by atoms with E-state index in [9.17, 15) is 0 Å². The number of nitrogens with zero attached hydrogens (tertiary/aromatic N) is 2. The van der Waals surface area contributed by atoms with Gasteiger partial charge in [0.25, 0.3) is 0 Å². The predicted octanol–water partition coefficient (Wildman–Crippen LogP) is 3.35. The molecule has 28 heavy (non-hydrogen) atoms. The highest BCUT2D eigenvalue weighted by Gasteiger charge is 2.19. The summed E-state index contributed by atoms with van der Waals surface area (Å²) in [6.45, 7) is 6.93. The minimum Gasteiger partial charge on any atom is -0.497 e. The summed E-state index contributed by atoms with van der Waals surface area (Å²) in [7, 11) is 1.75. The zero-order valence-corrected chi connectivity index (χ0v) is 17.1. The number of methoxy groups -OCH3 is 1. The fraction of sp³-hybridized carbons (Fsp3) is 0.500. The number of hydrogen-bond donors (Lipinski definition) is 1. The lowest BCUT2D eigenvalue weighted by molar-refractivity contribution is 0.252. The molecule has 2 aliphatic rings. The molecule has 4 rings (SSSR count). The molecule has 0 saturated carbocycles. The van der Waals surface area contributed by atoms with Crippen molar-refractivity contribution in [3.63, 3.8) is 0 Å². The third-order valence-corrected chi connectivity index (χ3v) is 6.22. The molecule has 1 aliphatic heterocycles. The van der Waals surface area contributed by atoms with Gasteiger partial charge in [0.05, 0.1) is 7.11 Å². The molecule has 0 bridgehead atoms. The molecule has 1 N–H and O–H groups in total. The molecule has 1 saturated heterocycles. The number of piperazine rings is 1. The van der Waals surface area contributed by atoms with E-state index in [2.05, 4.69) is 63.6 Å². The summed E-state index contributed by atoms with van der Waals surface area (Å²) < 4.78 is 5.39. The average molecular weight is 380 g/mol. The molecule has 0 radical (unpaired) electrons. The lowest BCUT2D eigenvalue weighted by Gasteiger charge is -2.36. The Morgan fingerprint density at radius 1 is 1.00 bits per heavy atom. The maximum atomic E-state index is 5.39. The smallest absolute Gasteiger partial charge is 0.119 e. The molecule has 150 valence electrons. The molecule has 1 aliphatic carbocycles. The van der Waals surface area contributed by atoms with Crippen molar-refractivity contribution in [2.75, 3.05) is 51.3 Å². The first-order valence-electron chi connectivity index (χ1n) is 10.7. The van der Waals surface area contributed by atoms with Crippen LogP contribution in [0.3, 0.4) is 0 Å². The highest BCUT2D eigenvalue weighted by Crippen LogP contribution is 2.25. The fourth-order valence-corrected chi connectivity index (χ4v) is 4.51. The van der Waals surface area contributed by atoms with Crippen LogP contribution < -0.4 is 15.0 Å². The Balaban J connectivity index is 1.15. The van der Waals surface area contributed by atoms with E-state index in [-0.39, 0.29) is 0 Å². The number of rotatable bonds is 7. The predicted molar refractivity (Wildman–Crippen MR) is 117 cm³/mol. The van der Waals surface area contributed by atoms with Gasteiger partial charge in [-0.15, -0.1) is 0 Å². The van der Waals surface area contributed by atoms with Gasteiger partial charge in [-0.05, 0) is 74.2 Å². The summed E-state index contributed by atoms with van der Waals surface area (Å²) in [5.74, 6) is 0.981. The summed E-state index contributed by atoms with van der Waals surface area (Å²) in [5.41, 5.74) is 4.31. The lowest BCUT2D eigenvalue weighted by atomic mass is 9.88. The Labute approximate surface area is 169 Å². The molecule has 4 nitrogen and oxygen atoms in total. The van der Waals surface area contributed by atoms with Gasteiger partial charge in [-0.25, -0.2) is 0 Å². The monoisotopic (exact) mass is 379 g/mol. The molecule has 1 fully saturated rings. The van der Waals surface area contributed by atoms with Crippen LogP contribution in [0.4, 0.5) is 5.69 Å². The Hall–Kier alpha value is -2.04. The molecule has 2 aromatic rings. The van der Waals surface area contributed by atoms with Crippen molar-refractivity contribution in [3.8, 4) is 5.75 Å². The van der Waals surface area contributed by atoms with Gasteiger partial charge in [0, 0.05) is 37.9 Å². The van der Waals surface area contributed by atoms with Crippen LogP contribution in [0.1, 0.15) is 24.0 Å². The molecular weight excluding hydrogens is 346 g/mol. The standard InChI is InChI=1S/C24H33N3O/c1-28-24-11-9-20-8-10-22(18-21(20)19-24)25-12-5-13-26-14-16-27(17-15-26)23-6-3-2-4-7-23/h2-4,6-7,9,11,19,22,25H,5,8,10,12-18H2,1H3. The zero-order chi connectivity index (χ0) is 19.2. The number of aryl methyl sites for hydroxylation is 1. The summed E-state index contributed by atoms with van der Waals surface area (Å²) in [6, 6.07) is 17.9. The summed E-state index contributed by atoms with van der Waals surface area (Å²) in [4.78, 5) is 5.12. The fourth-order valence-electron chi connectivity index (χ4n) is 4.51. The van der Waals surface area contributed by atoms with E-state index in [1.54, 1.807) is 7.11 Å². The minimum atomic E-state index is 0.606. The van der Waals surface area contributed by atoms with Gasteiger partial charge in [0.1, 0.15) is 5.75 Å². The lowest BCUT2D eigenvalue weighted by Crippen LogP contribution is -2.47. The number of hydrogen-bond acceptors (Lipinski definition) is 4. The molecule has 1 atom stereocenters. The van der Waals surface area contributed by atoms with E-state index in [1.807, 2.05) is 0 Å². The van der Waals surface area contributed by atoms with Crippen molar-refractivity contribution in [1.29, 1.82) is 0 Å². The van der Waals surface area contributed by atoms with Crippen LogP contribution in [0.15, 0.2) is 48.5 Å². The van der Waals surface area contributed by atoms with Crippen molar-refractivity contribution in [2.24, 2.45) is 0 Å². The van der Waals surface area contributed by atoms with Gasteiger partial charge in [0.2, 0.25) is 0 Å². The van der Waals surface area contributed by atoms with Crippen molar-refractivity contribution in [1.82, 2.24) is 10.2 Å². The Morgan fingerprint density at radius 2 is 1.82 bits per heavy atom. The van der Waals surface area contributed by atoms with Gasteiger partial charge in [-0.1, -0.05) is 24.3 Å². The first kappa shape index (κ1) is 19.3. The number of ether oxygens (including phenoxy) is 1. The van der Waals surface area contributed by atoms with Crippen molar-refractivity contribution < 1.29 is 4.74 Å². The van der Waals surface area contributed by atoms with Gasteiger partial charge in [-0.2, -0.15) is 0 Å². The zero-order valence-electron chi connectivity index (χ0n) is 17.1. The van der Waals surface area contributed by atoms with Crippen LogP contribution in [-0.2, 0) is 12.8 Å². The van der Waals surface area contributed by atoms with Crippen molar-refractivity contribution in [3.05, 3.63) is 59.7 Å². The molecule has 0 amide bonds. The summed E-state index contributed by atoms with van der Waals surface area (Å²) in [6.07, 6.45) is 4.78. The quantitative estimate of drug-likeness (QED) is 0.747. The Bertz CT molecular complexity index is 741. The van der Waals surface area contributed by atoms with Crippen LogP contribution in [0.2, 0.25) is 0 Å². The first-order valence-corrected chi connectivity index (χ1v) is 10.7. The number of para-hydroxylation sites is 1. The van der Waals surface area contributed by atoms with Crippen LogP contribution in [0, 0.1) is 0 Å². The van der Waals surface area contributed by atoms with Gasteiger partial charge >= 0.3 is 0 Å². The van der Waals surface area contributed by atoms with Gasteiger partial charge in [-0.3, -0.25) is 4.90 Å². The number of benzene rings is 2.